The largest absolute Gasteiger partial charge is 0.317 e. The lowest BCUT2D eigenvalue weighted by molar-refractivity contribution is 0.492. The van der Waals surface area contributed by atoms with E-state index in [1.165, 1.54) is 30.6 Å². The molecule has 1 nitrogen and oxygen atoms in total. The normalized spacial score (nSPS) is 13.0. The second-order valence-electron chi connectivity index (χ2n) is 3.89. The van der Waals surface area contributed by atoms with Crippen LogP contribution in [0.4, 0.5) is 0 Å². The van der Waals surface area contributed by atoms with Crippen molar-refractivity contribution in [2.75, 3.05) is 7.05 Å². The third-order valence-electron chi connectivity index (χ3n) is 2.64. The van der Waals surface area contributed by atoms with Gasteiger partial charge < -0.3 is 5.32 Å². The summed E-state index contributed by atoms with van der Waals surface area (Å²) in [6.45, 7) is 2.24. The van der Waals surface area contributed by atoms with Crippen LogP contribution in [0, 0.1) is 0 Å². The Labute approximate surface area is 102 Å². The molecule has 0 saturated heterocycles. The Balaban J connectivity index is 2.33. The number of unbranched alkanes of at least 4 members (excludes halogenated alkanes) is 2. The van der Waals surface area contributed by atoms with E-state index >= 15 is 0 Å². The van der Waals surface area contributed by atoms with Crippen molar-refractivity contribution in [2.24, 2.45) is 0 Å². The van der Waals surface area contributed by atoms with Gasteiger partial charge in [-0.3, -0.25) is 0 Å². The fourth-order valence-corrected chi connectivity index (χ4v) is 2.86. The van der Waals surface area contributed by atoms with Gasteiger partial charge >= 0.3 is 0 Å². The van der Waals surface area contributed by atoms with Crippen molar-refractivity contribution in [1.82, 2.24) is 5.32 Å². The minimum absolute atomic E-state index is 0.603. The van der Waals surface area contributed by atoms with Gasteiger partial charge in [0.2, 0.25) is 0 Å². The Morgan fingerprint density at radius 3 is 2.73 bits per heavy atom. The van der Waals surface area contributed by atoms with Gasteiger partial charge in [-0.15, -0.1) is 11.3 Å². The number of nitrogens with one attached hydrogen (secondary N) is 1. The van der Waals surface area contributed by atoms with E-state index in [0.717, 1.165) is 10.8 Å². The number of rotatable bonds is 7. The summed E-state index contributed by atoms with van der Waals surface area (Å²) < 4.78 is 0.897. The van der Waals surface area contributed by atoms with Gasteiger partial charge in [0.25, 0.3) is 0 Å². The molecule has 1 rings (SSSR count). The number of hydrogen-bond donors (Lipinski definition) is 1. The Bertz CT molecular complexity index is 272. The summed E-state index contributed by atoms with van der Waals surface area (Å²) >= 11 is 7.61. The maximum Gasteiger partial charge on any atom is 0.0931 e. The van der Waals surface area contributed by atoms with E-state index < -0.39 is 0 Å². The smallest absolute Gasteiger partial charge is 0.0931 e. The zero-order chi connectivity index (χ0) is 11.1. The minimum Gasteiger partial charge on any atom is -0.317 e. The quantitative estimate of drug-likeness (QED) is 0.713. The van der Waals surface area contributed by atoms with Gasteiger partial charge in [-0.05, 0) is 32.0 Å². The van der Waals surface area contributed by atoms with E-state index in [0.29, 0.717) is 6.04 Å². The van der Waals surface area contributed by atoms with Gasteiger partial charge in [-0.25, -0.2) is 0 Å². The molecule has 0 aromatic carbocycles. The SMILES string of the molecule is CCCCCC(Cc1ccc(Cl)s1)NC. The Morgan fingerprint density at radius 1 is 1.40 bits per heavy atom. The Kier molecular flexibility index (Phi) is 6.30. The summed E-state index contributed by atoms with van der Waals surface area (Å²) in [6, 6.07) is 4.73. The number of thiophene rings is 1. The van der Waals surface area contributed by atoms with Crippen LogP contribution in [-0.4, -0.2) is 13.1 Å². The maximum absolute atomic E-state index is 5.91. The highest BCUT2D eigenvalue weighted by Crippen LogP contribution is 2.23. The van der Waals surface area contributed by atoms with Crippen molar-refractivity contribution in [3.05, 3.63) is 21.3 Å². The fraction of sp³-hybridized carbons (Fsp3) is 0.667. The summed E-state index contributed by atoms with van der Waals surface area (Å²) in [7, 11) is 2.05. The van der Waals surface area contributed by atoms with Gasteiger partial charge in [0.1, 0.15) is 0 Å². The predicted molar refractivity (Wildman–Crippen MR) is 70.0 cm³/mol. The van der Waals surface area contributed by atoms with Crippen molar-refractivity contribution in [3.63, 3.8) is 0 Å². The third-order valence-corrected chi connectivity index (χ3v) is 3.89. The summed E-state index contributed by atoms with van der Waals surface area (Å²) in [5, 5.41) is 3.38. The van der Waals surface area contributed by atoms with Gasteiger partial charge in [0.15, 0.2) is 0 Å². The van der Waals surface area contributed by atoms with Crippen LogP contribution >= 0.6 is 22.9 Å². The molecule has 1 unspecified atom stereocenters. The molecule has 1 heterocycles. The Hall–Kier alpha value is -0.0500. The molecular formula is C12H20ClNS. The van der Waals surface area contributed by atoms with Crippen LogP contribution in [0.2, 0.25) is 4.34 Å². The molecule has 86 valence electrons. The van der Waals surface area contributed by atoms with Gasteiger partial charge in [-0.1, -0.05) is 37.8 Å². The Morgan fingerprint density at radius 2 is 2.20 bits per heavy atom. The zero-order valence-corrected chi connectivity index (χ0v) is 11.1. The van der Waals surface area contributed by atoms with Crippen LogP contribution in [0.3, 0.4) is 0 Å². The van der Waals surface area contributed by atoms with Gasteiger partial charge in [0, 0.05) is 10.9 Å². The molecule has 0 amide bonds. The van der Waals surface area contributed by atoms with E-state index in [2.05, 4.69) is 18.3 Å². The first-order valence-corrected chi connectivity index (χ1v) is 6.87. The number of hydrogen-bond acceptors (Lipinski definition) is 2. The van der Waals surface area contributed by atoms with Gasteiger partial charge in [-0.2, -0.15) is 0 Å². The first kappa shape index (κ1) is 13.0. The molecule has 0 spiro atoms. The first-order chi connectivity index (χ1) is 7.26. The van der Waals surface area contributed by atoms with Crippen molar-refractivity contribution in [2.45, 2.75) is 45.1 Å². The number of likely N-dealkylation sites (N-methyl/N-ethyl adjacent to an activating group) is 1. The standard InChI is InChI=1S/C12H20ClNS/c1-3-4-5-6-10(14-2)9-11-7-8-12(13)15-11/h7-8,10,14H,3-6,9H2,1-2H3. The van der Waals surface area contributed by atoms with Gasteiger partial charge in [0.05, 0.1) is 4.34 Å². The molecule has 1 aromatic heterocycles. The number of halogens is 1. The highest BCUT2D eigenvalue weighted by molar-refractivity contribution is 7.16. The van der Waals surface area contributed by atoms with Crippen LogP contribution in [-0.2, 0) is 6.42 Å². The molecule has 0 fully saturated rings. The van der Waals surface area contributed by atoms with E-state index in [1.54, 1.807) is 11.3 Å². The second-order valence-corrected chi connectivity index (χ2v) is 5.69. The lowest BCUT2D eigenvalue weighted by atomic mass is 10.1. The molecular weight excluding hydrogens is 226 g/mol. The monoisotopic (exact) mass is 245 g/mol. The molecule has 1 N–H and O–H groups in total. The second kappa shape index (κ2) is 7.26. The molecule has 1 atom stereocenters. The van der Waals surface area contributed by atoms with Crippen molar-refractivity contribution < 1.29 is 0 Å². The first-order valence-electron chi connectivity index (χ1n) is 5.67. The molecule has 15 heavy (non-hydrogen) atoms. The zero-order valence-electron chi connectivity index (χ0n) is 9.55. The highest BCUT2D eigenvalue weighted by Gasteiger charge is 2.08. The average Bonchev–Trinajstić information content (AvgIpc) is 2.63. The van der Waals surface area contributed by atoms with Crippen molar-refractivity contribution in [3.8, 4) is 0 Å². The lowest BCUT2D eigenvalue weighted by Crippen LogP contribution is -2.27. The fourth-order valence-electron chi connectivity index (χ4n) is 1.69. The van der Waals surface area contributed by atoms with Crippen molar-refractivity contribution in [1.29, 1.82) is 0 Å². The van der Waals surface area contributed by atoms with Crippen LogP contribution in [0.25, 0.3) is 0 Å². The van der Waals surface area contributed by atoms with Crippen LogP contribution < -0.4 is 5.32 Å². The molecule has 0 aliphatic rings. The molecule has 0 bridgehead atoms. The van der Waals surface area contributed by atoms with Crippen LogP contribution in [0.5, 0.6) is 0 Å². The maximum atomic E-state index is 5.91. The predicted octanol–water partition coefficient (Wildman–Crippen LogP) is 4.11. The highest BCUT2D eigenvalue weighted by atomic mass is 35.5. The van der Waals surface area contributed by atoms with E-state index in [9.17, 15) is 0 Å². The molecule has 0 aliphatic heterocycles. The van der Waals surface area contributed by atoms with E-state index in [1.807, 2.05) is 13.1 Å². The van der Waals surface area contributed by atoms with E-state index in [-0.39, 0.29) is 0 Å². The molecule has 1 aromatic rings. The van der Waals surface area contributed by atoms with E-state index in [4.69, 9.17) is 11.6 Å². The summed E-state index contributed by atoms with van der Waals surface area (Å²) in [4.78, 5) is 1.39. The molecule has 0 saturated carbocycles. The van der Waals surface area contributed by atoms with Crippen molar-refractivity contribution >= 4 is 22.9 Å². The topological polar surface area (TPSA) is 12.0 Å². The summed E-state index contributed by atoms with van der Waals surface area (Å²) in [5.41, 5.74) is 0. The summed E-state index contributed by atoms with van der Waals surface area (Å²) in [6.07, 6.45) is 6.32. The lowest BCUT2D eigenvalue weighted by Gasteiger charge is -2.14. The summed E-state index contributed by atoms with van der Waals surface area (Å²) in [5.74, 6) is 0. The average molecular weight is 246 g/mol. The third kappa shape index (κ3) is 5.01. The minimum atomic E-state index is 0.603. The molecule has 0 radical (unpaired) electrons. The molecule has 0 aliphatic carbocycles. The molecule has 3 heteroatoms. The van der Waals surface area contributed by atoms with Crippen LogP contribution in [0.1, 0.15) is 37.5 Å². The van der Waals surface area contributed by atoms with Crippen LogP contribution in [0.15, 0.2) is 12.1 Å².